The molecule has 0 fully saturated rings. The van der Waals surface area contributed by atoms with E-state index in [1.807, 2.05) is 84.9 Å². The van der Waals surface area contributed by atoms with E-state index in [1.54, 1.807) is 5.48 Å². The molecule has 4 heteroatoms. The van der Waals surface area contributed by atoms with Crippen LogP contribution in [0.1, 0.15) is 22.6 Å². The second-order valence-corrected chi connectivity index (χ2v) is 5.67. The molecule has 3 rings (SSSR count). The molecule has 0 spiro atoms. The summed E-state index contributed by atoms with van der Waals surface area (Å²) in [4.78, 5) is 12.2. The van der Waals surface area contributed by atoms with E-state index < -0.39 is 11.8 Å². The van der Waals surface area contributed by atoms with Gasteiger partial charge in [0.25, 0.3) is 5.91 Å². The number of hydroxylamine groups is 1. The Morgan fingerprint density at radius 2 is 1.52 bits per heavy atom. The Labute approximate surface area is 146 Å². The lowest BCUT2D eigenvalue weighted by atomic mass is 9.90. The van der Waals surface area contributed by atoms with E-state index in [2.05, 4.69) is 0 Å². The molecule has 1 unspecified atom stereocenters. The number of amides is 1. The number of ether oxygens (including phenoxy) is 1. The van der Waals surface area contributed by atoms with Crippen LogP contribution in [0.15, 0.2) is 84.9 Å². The topological polar surface area (TPSA) is 58.6 Å². The highest BCUT2D eigenvalue weighted by atomic mass is 16.5. The summed E-state index contributed by atoms with van der Waals surface area (Å²) in [7, 11) is 0. The molecule has 0 aliphatic carbocycles. The van der Waals surface area contributed by atoms with Crippen molar-refractivity contribution in [3.05, 3.63) is 102 Å². The second-order valence-electron chi connectivity index (χ2n) is 5.67. The zero-order valence-corrected chi connectivity index (χ0v) is 13.6. The molecule has 0 heterocycles. The first-order valence-electron chi connectivity index (χ1n) is 8.03. The van der Waals surface area contributed by atoms with E-state index >= 15 is 0 Å². The molecule has 3 aromatic rings. The number of carbonyl (C=O) groups is 1. The normalized spacial score (nSPS) is 11.6. The number of rotatable bonds is 6. The van der Waals surface area contributed by atoms with E-state index in [-0.39, 0.29) is 0 Å². The van der Waals surface area contributed by atoms with Crippen LogP contribution in [0.3, 0.4) is 0 Å². The number of carbonyl (C=O) groups excluding carboxylic acids is 1. The molecule has 3 aromatic carbocycles. The molecule has 0 saturated carbocycles. The summed E-state index contributed by atoms with van der Waals surface area (Å²) < 4.78 is 5.84. The van der Waals surface area contributed by atoms with Gasteiger partial charge in [0.15, 0.2) is 0 Å². The molecule has 0 aliphatic rings. The van der Waals surface area contributed by atoms with Gasteiger partial charge in [-0.25, -0.2) is 5.48 Å². The van der Waals surface area contributed by atoms with Crippen molar-refractivity contribution < 1.29 is 14.7 Å². The first-order valence-corrected chi connectivity index (χ1v) is 8.03. The Balaban J connectivity index is 1.84. The molecule has 0 saturated heterocycles. The van der Waals surface area contributed by atoms with Gasteiger partial charge in [0.1, 0.15) is 12.4 Å². The maximum atomic E-state index is 12.2. The van der Waals surface area contributed by atoms with Crippen molar-refractivity contribution in [2.75, 3.05) is 0 Å². The van der Waals surface area contributed by atoms with Crippen molar-refractivity contribution in [2.45, 2.75) is 12.5 Å². The van der Waals surface area contributed by atoms with Gasteiger partial charge in [0.2, 0.25) is 0 Å². The van der Waals surface area contributed by atoms with Crippen LogP contribution < -0.4 is 10.2 Å². The summed E-state index contributed by atoms with van der Waals surface area (Å²) in [5.41, 5.74) is 4.38. The van der Waals surface area contributed by atoms with E-state index in [9.17, 15) is 4.79 Å². The average molecular weight is 333 g/mol. The average Bonchev–Trinajstić information content (AvgIpc) is 2.68. The fourth-order valence-electron chi connectivity index (χ4n) is 2.73. The Bertz CT molecular complexity index is 819. The number of hydrogen-bond acceptors (Lipinski definition) is 3. The van der Waals surface area contributed by atoms with Crippen LogP contribution in [0, 0.1) is 0 Å². The molecule has 126 valence electrons. The molecule has 2 N–H and O–H groups in total. The standard InChI is InChI=1S/C21H19NO3/c23-21(22-24)20(17-10-5-2-6-11-17)18-12-7-13-19(14-18)25-15-16-8-3-1-4-9-16/h1-14,20,24H,15H2,(H,22,23). The van der Waals surface area contributed by atoms with E-state index in [0.29, 0.717) is 12.4 Å². The van der Waals surface area contributed by atoms with Gasteiger partial charge >= 0.3 is 0 Å². The van der Waals surface area contributed by atoms with Gasteiger partial charge in [-0.2, -0.15) is 0 Å². The minimum absolute atomic E-state index is 0.451. The highest BCUT2D eigenvalue weighted by Gasteiger charge is 2.22. The Morgan fingerprint density at radius 3 is 2.20 bits per heavy atom. The summed E-state index contributed by atoms with van der Waals surface area (Å²) >= 11 is 0. The molecule has 0 bridgehead atoms. The monoisotopic (exact) mass is 333 g/mol. The van der Waals surface area contributed by atoms with Crippen LogP contribution in [0.2, 0.25) is 0 Å². The largest absolute Gasteiger partial charge is 0.489 e. The predicted octanol–water partition coefficient (Wildman–Crippen LogP) is 3.90. The summed E-state index contributed by atoms with van der Waals surface area (Å²) in [5.74, 6) is -0.411. The third-order valence-electron chi connectivity index (χ3n) is 3.95. The predicted molar refractivity (Wildman–Crippen MR) is 95.4 cm³/mol. The smallest absolute Gasteiger partial charge is 0.255 e. The van der Waals surface area contributed by atoms with Gasteiger partial charge < -0.3 is 4.74 Å². The van der Waals surface area contributed by atoms with Crippen LogP contribution in [0.5, 0.6) is 5.75 Å². The van der Waals surface area contributed by atoms with Crippen LogP contribution in [0.25, 0.3) is 0 Å². The van der Waals surface area contributed by atoms with Crippen LogP contribution >= 0.6 is 0 Å². The third kappa shape index (κ3) is 4.25. The number of nitrogens with one attached hydrogen (secondary N) is 1. The van der Waals surface area contributed by atoms with E-state index in [1.165, 1.54) is 0 Å². The minimum Gasteiger partial charge on any atom is -0.489 e. The quantitative estimate of drug-likeness (QED) is 0.531. The molecule has 0 aromatic heterocycles. The Hall–Kier alpha value is -3.11. The summed E-state index contributed by atoms with van der Waals surface area (Å²) in [6, 6.07) is 26.6. The molecule has 1 amide bonds. The molecular weight excluding hydrogens is 314 g/mol. The van der Waals surface area contributed by atoms with Gasteiger partial charge in [-0.15, -0.1) is 0 Å². The summed E-state index contributed by atoms with van der Waals surface area (Å²) in [6.07, 6.45) is 0. The lowest BCUT2D eigenvalue weighted by molar-refractivity contribution is -0.129. The number of hydrogen-bond donors (Lipinski definition) is 2. The summed E-state index contributed by atoms with van der Waals surface area (Å²) in [6.45, 7) is 0.451. The molecule has 4 nitrogen and oxygen atoms in total. The van der Waals surface area contributed by atoms with Crippen molar-refractivity contribution >= 4 is 5.91 Å². The lowest BCUT2D eigenvalue weighted by Gasteiger charge is -2.17. The highest BCUT2D eigenvalue weighted by Crippen LogP contribution is 2.28. The fraction of sp³-hybridized carbons (Fsp3) is 0.0952. The van der Waals surface area contributed by atoms with Crippen molar-refractivity contribution in [1.82, 2.24) is 5.48 Å². The Kier molecular flexibility index (Phi) is 5.44. The van der Waals surface area contributed by atoms with Crippen molar-refractivity contribution in [1.29, 1.82) is 0 Å². The van der Waals surface area contributed by atoms with Gasteiger partial charge in [0.05, 0.1) is 5.92 Å². The van der Waals surface area contributed by atoms with Crippen LogP contribution in [-0.2, 0) is 11.4 Å². The van der Waals surface area contributed by atoms with Crippen LogP contribution in [-0.4, -0.2) is 11.1 Å². The second kappa shape index (κ2) is 8.13. The highest BCUT2D eigenvalue weighted by molar-refractivity contribution is 5.86. The summed E-state index contributed by atoms with van der Waals surface area (Å²) in [5, 5.41) is 9.12. The fourth-order valence-corrected chi connectivity index (χ4v) is 2.73. The zero-order valence-electron chi connectivity index (χ0n) is 13.6. The third-order valence-corrected chi connectivity index (χ3v) is 3.95. The van der Waals surface area contributed by atoms with E-state index in [4.69, 9.17) is 9.94 Å². The first-order chi connectivity index (χ1) is 12.3. The number of benzene rings is 3. The lowest BCUT2D eigenvalue weighted by Crippen LogP contribution is -2.27. The molecule has 0 radical (unpaired) electrons. The van der Waals surface area contributed by atoms with Crippen LogP contribution in [0.4, 0.5) is 0 Å². The van der Waals surface area contributed by atoms with Crippen molar-refractivity contribution in [2.24, 2.45) is 0 Å². The van der Waals surface area contributed by atoms with Gasteiger partial charge in [-0.05, 0) is 28.8 Å². The maximum Gasteiger partial charge on any atom is 0.255 e. The van der Waals surface area contributed by atoms with Crippen molar-refractivity contribution in [3.63, 3.8) is 0 Å². The van der Waals surface area contributed by atoms with Crippen molar-refractivity contribution in [3.8, 4) is 5.75 Å². The molecule has 1 atom stereocenters. The molecule has 0 aliphatic heterocycles. The van der Waals surface area contributed by atoms with Gasteiger partial charge in [-0.3, -0.25) is 10.0 Å². The zero-order chi connectivity index (χ0) is 17.5. The minimum atomic E-state index is -0.605. The molecule has 25 heavy (non-hydrogen) atoms. The SMILES string of the molecule is O=C(NO)C(c1ccccc1)c1cccc(OCc2ccccc2)c1. The Morgan fingerprint density at radius 1 is 0.880 bits per heavy atom. The van der Waals surface area contributed by atoms with Gasteiger partial charge in [-0.1, -0.05) is 72.8 Å². The van der Waals surface area contributed by atoms with Gasteiger partial charge in [0, 0.05) is 0 Å². The first kappa shape index (κ1) is 16.7. The molecular formula is C21H19NO3. The maximum absolute atomic E-state index is 12.2. The van der Waals surface area contributed by atoms with E-state index in [0.717, 1.165) is 16.7 Å².